The van der Waals surface area contributed by atoms with E-state index < -0.39 is 0 Å². The average Bonchev–Trinajstić information content (AvgIpc) is 2.36. The maximum Gasteiger partial charge on any atom is 0.226 e. The minimum absolute atomic E-state index is 0.0688. The van der Waals surface area contributed by atoms with Gasteiger partial charge >= 0.3 is 0 Å². The normalized spacial score (nSPS) is 22.2. The molecule has 0 saturated carbocycles. The van der Waals surface area contributed by atoms with Gasteiger partial charge in [0.25, 0.3) is 0 Å². The van der Waals surface area contributed by atoms with Crippen LogP contribution in [0.5, 0.6) is 0 Å². The lowest BCUT2D eigenvalue weighted by atomic mass is 9.99. The minimum atomic E-state index is -0.0794. The molecular formula is C13H27N3O. The molecule has 0 spiro atoms. The van der Waals surface area contributed by atoms with Crippen LogP contribution in [0.4, 0.5) is 0 Å². The van der Waals surface area contributed by atoms with E-state index in [0.717, 1.165) is 32.5 Å². The molecular weight excluding hydrogens is 214 g/mol. The van der Waals surface area contributed by atoms with E-state index in [1.165, 1.54) is 0 Å². The number of carbonyl (C=O) groups is 1. The van der Waals surface area contributed by atoms with Crippen LogP contribution >= 0.6 is 0 Å². The molecule has 4 heteroatoms. The van der Waals surface area contributed by atoms with Crippen LogP contribution in [0.2, 0.25) is 0 Å². The molecule has 2 N–H and O–H groups in total. The van der Waals surface area contributed by atoms with Crippen molar-refractivity contribution in [2.24, 2.45) is 11.7 Å². The summed E-state index contributed by atoms with van der Waals surface area (Å²) in [6, 6.07) is 0.326. The van der Waals surface area contributed by atoms with Gasteiger partial charge in [0.15, 0.2) is 0 Å². The third kappa shape index (κ3) is 3.68. The van der Waals surface area contributed by atoms with Gasteiger partial charge < -0.3 is 15.5 Å². The maximum atomic E-state index is 12.2. The van der Waals surface area contributed by atoms with E-state index >= 15 is 0 Å². The third-order valence-corrected chi connectivity index (χ3v) is 4.08. The van der Waals surface area contributed by atoms with E-state index in [1.807, 2.05) is 25.8 Å². The van der Waals surface area contributed by atoms with Crippen molar-refractivity contribution in [3.8, 4) is 0 Å². The van der Waals surface area contributed by atoms with Crippen LogP contribution in [-0.2, 0) is 4.79 Å². The van der Waals surface area contributed by atoms with E-state index in [2.05, 4.69) is 11.8 Å². The summed E-state index contributed by atoms with van der Waals surface area (Å²) in [4.78, 5) is 16.5. The monoisotopic (exact) mass is 241 g/mol. The zero-order chi connectivity index (χ0) is 13.0. The van der Waals surface area contributed by atoms with Gasteiger partial charge in [-0.2, -0.15) is 0 Å². The summed E-state index contributed by atoms with van der Waals surface area (Å²) < 4.78 is 0. The van der Waals surface area contributed by atoms with Gasteiger partial charge in [-0.15, -0.1) is 0 Å². The Morgan fingerprint density at radius 3 is 2.35 bits per heavy atom. The molecule has 0 radical (unpaired) electrons. The van der Waals surface area contributed by atoms with Crippen molar-refractivity contribution in [3.63, 3.8) is 0 Å². The number of nitrogens with zero attached hydrogens (tertiary/aromatic N) is 2. The smallest absolute Gasteiger partial charge is 0.226 e. The molecule has 1 rings (SSSR count). The fourth-order valence-corrected chi connectivity index (χ4v) is 2.35. The molecule has 1 aliphatic rings. The summed E-state index contributed by atoms with van der Waals surface area (Å²) in [6.45, 7) is 9.32. The lowest BCUT2D eigenvalue weighted by Crippen LogP contribution is -2.49. The van der Waals surface area contributed by atoms with Crippen molar-refractivity contribution in [3.05, 3.63) is 0 Å². The van der Waals surface area contributed by atoms with Crippen molar-refractivity contribution in [2.45, 2.75) is 45.7 Å². The number of carbonyl (C=O) groups excluding carboxylic acids is 1. The first kappa shape index (κ1) is 14.5. The second-order valence-corrected chi connectivity index (χ2v) is 5.26. The Hall–Kier alpha value is -0.610. The first-order valence-corrected chi connectivity index (χ1v) is 6.72. The predicted octanol–water partition coefficient (Wildman–Crippen LogP) is 0.912. The Bertz CT molecular complexity index is 247. The summed E-state index contributed by atoms with van der Waals surface area (Å²) in [7, 11) is 1.92. The molecule has 1 amide bonds. The fourth-order valence-electron chi connectivity index (χ4n) is 2.35. The zero-order valence-corrected chi connectivity index (χ0v) is 11.6. The van der Waals surface area contributed by atoms with E-state index in [1.54, 1.807) is 0 Å². The Morgan fingerprint density at radius 1 is 1.41 bits per heavy atom. The molecule has 1 saturated heterocycles. The molecule has 0 bridgehead atoms. The maximum absolute atomic E-state index is 12.2. The number of nitrogens with two attached hydrogens (primary N) is 1. The van der Waals surface area contributed by atoms with Crippen molar-refractivity contribution in [1.29, 1.82) is 0 Å². The predicted molar refractivity (Wildman–Crippen MR) is 70.7 cm³/mol. The Labute approximate surface area is 105 Å². The molecule has 0 aromatic rings. The highest BCUT2D eigenvalue weighted by Gasteiger charge is 2.28. The number of hydrogen-bond acceptors (Lipinski definition) is 3. The highest BCUT2D eigenvalue weighted by atomic mass is 16.2. The van der Waals surface area contributed by atoms with Crippen molar-refractivity contribution >= 4 is 5.91 Å². The number of rotatable bonds is 4. The van der Waals surface area contributed by atoms with E-state index in [0.29, 0.717) is 6.04 Å². The van der Waals surface area contributed by atoms with Gasteiger partial charge in [0.05, 0.1) is 5.92 Å². The van der Waals surface area contributed by atoms with E-state index in [-0.39, 0.29) is 17.9 Å². The highest BCUT2D eigenvalue weighted by Crippen LogP contribution is 2.17. The topological polar surface area (TPSA) is 49.6 Å². The van der Waals surface area contributed by atoms with Gasteiger partial charge in [0.1, 0.15) is 0 Å². The Balaban J connectivity index is 2.48. The molecule has 1 aliphatic heterocycles. The molecule has 1 fully saturated rings. The summed E-state index contributed by atoms with van der Waals surface area (Å²) in [5.74, 6) is 0.110. The Morgan fingerprint density at radius 2 is 1.94 bits per heavy atom. The zero-order valence-electron chi connectivity index (χ0n) is 11.6. The van der Waals surface area contributed by atoms with Crippen molar-refractivity contribution < 1.29 is 4.79 Å². The molecule has 2 unspecified atom stereocenters. The van der Waals surface area contributed by atoms with Crippen molar-refractivity contribution in [1.82, 2.24) is 9.80 Å². The van der Waals surface area contributed by atoms with Crippen LogP contribution in [0, 0.1) is 5.92 Å². The number of amides is 1. The average molecular weight is 241 g/mol. The van der Waals surface area contributed by atoms with Crippen LogP contribution in [-0.4, -0.2) is 54.5 Å². The van der Waals surface area contributed by atoms with Gasteiger partial charge in [-0.05, 0) is 26.3 Å². The number of piperidine rings is 1. The van der Waals surface area contributed by atoms with E-state index in [9.17, 15) is 4.79 Å². The number of likely N-dealkylation sites (tertiary alicyclic amines) is 1. The van der Waals surface area contributed by atoms with Crippen LogP contribution in [0.15, 0.2) is 0 Å². The molecule has 2 atom stereocenters. The van der Waals surface area contributed by atoms with Crippen LogP contribution < -0.4 is 5.73 Å². The van der Waals surface area contributed by atoms with Gasteiger partial charge in [-0.25, -0.2) is 0 Å². The first-order valence-electron chi connectivity index (χ1n) is 6.72. The fraction of sp³-hybridized carbons (Fsp3) is 0.923. The molecule has 100 valence electrons. The largest absolute Gasteiger partial charge is 0.342 e. The van der Waals surface area contributed by atoms with Gasteiger partial charge in [-0.3, -0.25) is 4.79 Å². The molecule has 1 heterocycles. The summed E-state index contributed by atoms with van der Waals surface area (Å²) in [5, 5.41) is 0. The highest BCUT2D eigenvalue weighted by molar-refractivity contribution is 5.79. The standard InChI is InChI=1S/C13H27N3O/c1-5-16-8-6-12(7-9-16)15(4)13(17)10(2)11(3)14/h10-12H,5-9,14H2,1-4H3. The van der Waals surface area contributed by atoms with E-state index in [4.69, 9.17) is 5.73 Å². The molecule has 0 aromatic carbocycles. The Kier molecular flexibility index (Phi) is 5.40. The minimum Gasteiger partial charge on any atom is -0.342 e. The molecule has 0 aliphatic carbocycles. The second kappa shape index (κ2) is 6.36. The lowest BCUT2D eigenvalue weighted by Gasteiger charge is -2.37. The summed E-state index contributed by atoms with van der Waals surface area (Å²) in [5.41, 5.74) is 5.79. The summed E-state index contributed by atoms with van der Waals surface area (Å²) in [6.07, 6.45) is 2.17. The number of hydrogen-bond donors (Lipinski definition) is 1. The van der Waals surface area contributed by atoms with Crippen LogP contribution in [0.3, 0.4) is 0 Å². The van der Waals surface area contributed by atoms with Crippen LogP contribution in [0.1, 0.15) is 33.6 Å². The summed E-state index contributed by atoms with van der Waals surface area (Å²) >= 11 is 0. The van der Waals surface area contributed by atoms with Crippen LogP contribution in [0.25, 0.3) is 0 Å². The lowest BCUT2D eigenvalue weighted by molar-refractivity contribution is -0.137. The van der Waals surface area contributed by atoms with Crippen molar-refractivity contribution in [2.75, 3.05) is 26.7 Å². The first-order chi connectivity index (χ1) is 7.97. The quantitative estimate of drug-likeness (QED) is 0.796. The second-order valence-electron chi connectivity index (χ2n) is 5.26. The van der Waals surface area contributed by atoms with Gasteiger partial charge in [0, 0.05) is 32.2 Å². The SMILES string of the molecule is CCN1CCC(N(C)C(=O)C(C)C(C)N)CC1. The third-order valence-electron chi connectivity index (χ3n) is 4.08. The molecule has 0 aromatic heterocycles. The van der Waals surface area contributed by atoms with Gasteiger partial charge in [0.2, 0.25) is 5.91 Å². The van der Waals surface area contributed by atoms with Gasteiger partial charge in [-0.1, -0.05) is 13.8 Å². The molecule has 4 nitrogen and oxygen atoms in total. The molecule has 17 heavy (non-hydrogen) atoms.